The zero-order chi connectivity index (χ0) is 14.5. The van der Waals surface area contributed by atoms with Crippen LogP contribution in [-0.4, -0.2) is 12.6 Å². The van der Waals surface area contributed by atoms with E-state index in [-0.39, 0.29) is 6.04 Å². The van der Waals surface area contributed by atoms with Crippen molar-refractivity contribution in [2.45, 2.75) is 44.6 Å². The lowest BCUT2D eigenvalue weighted by Gasteiger charge is -2.34. The van der Waals surface area contributed by atoms with Crippen molar-refractivity contribution >= 4 is 11.6 Å². The summed E-state index contributed by atoms with van der Waals surface area (Å²) in [4.78, 5) is 0. The predicted molar refractivity (Wildman–Crippen MR) is 84.9 cm³/mol. The molecule has 0 amide bonds. The Kier molecular flexibility index (Phi) is 5.50. The molecule has 1 fully saturated rings. The van der Waals surface area contributed by atoms with Crippen LogP contribution in [0.3, 0.4) is 0 Å². The van der Waals surface area contributed by atoms with E-state index in [1.54, 1.807) is 0 Å². The highest BCUT2D eigenvalue weighted by Crippen LogP contribution is 2.38. The Bertz CT molecular complexity index is 443. The summed E-state index contributed by atoms with van der Waals surface area (Å²) in [5.41, 5.74) is 7.61. The number of hydrogen-bond donors (Lipinski definition) is 1. The van der Waals surface area contributed by atoms with Gasteiger partial charge in [-0.15, -0.1) is 0 Å². The second-order valence-corrected chi connectivity index (χ2v) is 6.11. The van der Waals surface area contributed by atoms with E-state index in [1.165, 1.54) is 5.56 Å². The highest BCUT2D eigenvalue weighted by molar-refractivity contribution is 6.30. The molecule has 1 aromatic carbocycles. The van der Waals surface area contributed by atoms with Gasteiger partial charge >= 0.3 is 0 Å². The number of allylic oxidation sites excluding steroid dienone is 1. The van der Waals surface area contributed by atoms with Gasteiger partial charge in [-0.2, -0.15) is 0 Å². The summed E-state index contributed by atoms with van der Waals surface area (Å²) < 4.78 is 5.48. The summed E-state index contributed by atoms with van der Waals surface area (Å²) in [6.45, 7) is 6.69. The van der Waals surface area contributed by atoms with Crippen molar-refractivity contribution in [3.8, 4) is 0 Å². The largest absolute Gasteiger partial charge is 0.499 e. The van der Waals surface area contributed by atoms with E-state index >= 15 is 0 Å². The molecule has 0 bridgehead atoms. The lowest BCUT2D eigenvalue weighted by Crippen LogP contribution is -2.34. The molecule has 20 heavy (non-hydrogen) atoms. The Morgan fingerprint density at radius 1 is 1.35 bits per heavy atom. The van der Waals surface area contributed by atoms with Gasteiger partial charge in [-0.05, 0) is 55.7 Å². The fourth-order valence-electron chi connectivity index (χ4n) is 3.14. The molecule has 1 saturated carbocycles. The molecule has 0 aromatic heterocycles. The molecule has 0 saturated heterocycles. The summed E-state index contributed by atoms with van der Waals surface area (Å²) in [6, 6.07) is 8.35. The van der Waals surface area contributed by atoms with E-state index < -0.39 is 0 Å². The Hall–Kier alpha value is -0.990. The minimum atomic E-state index is 0.243. The van der Waals surface area contributed by atoms with Crippen LogP contribution in [0.5, 0.6) is 0 Å². The quantitative estimate of drug-likeness (QED) is 0.812. The molecule has 0 spiro atoms. The van der Waals surface area contributed by atoms with Crippen LogP contribution in [0, 0.1) is 5.92 Å². The van der Waals surface area contributed by atoms with Crippen LogP contribution in [-0.2, 0) is 4.74 Å². The number of ether oxygens (including phenoxy) is 1. The first kappa shape index (κ1) is 15.4. The molecule has 2 nitrogen and oxygen atoms in total. The second kappa shape index (κ2) is 7.14. The van der Waals surface area contributed by atoms with Crippen LogP contribution >= 0.6 is 11.6 Å². The summed E-state index contributed by atoms with van der Waals surface area (Å²) in [6.07, 6.45) is 4.29. The molecule has 0 radical (unpaired) electrons. The molecule has 3 heteroatoms. The number of rotatable bonds is 5. The molecular formula is C17H24ClNO. The maximum absolute atomic E-state index is 6.31. The van der Waals surface area contributed by atoms with Gasteiger partial charge in [0.25, 0.3) is 0 Å². The average Bonchev–Trinajstić information content (AvgIpc) is 2.42. The monoisotopic (exact) mass is 293 g/mol. The van der Waals surface area contributed by atoms with Crippen molar-refractivity contribution in [2.75, 3.05) is 6.61 Å². The second-order valence-electron chi connectivity index (χ2n) is 5.68. The molecule has 2 rings (SSSR count). The van der Waals surface area contributed by atoms with E-state index in [2.05, 4.69) is 18.7 Å². The Labute approximate surface area is 127 Å². The molecule has 1 aliphatic rings. The zero-order valence-electron chi connectivity index (χ0n) is 12.1. The van der Waals surface area contributed by atoms with Gasteiger partial charge < -0.3 is 10.5 Å². The Morgan fingerprint density at radius 3 is 2.70 bits per heavy atom. The van der Waals surface area contributed by atoms with Crippen LogP contribution in [0.15, 0.2) is 36.6 Å². The number of benzene rings is 1. The standard InChI is InChI=1S/C17H24ClNO/c1-3-20-12(2)10-13-4-9-17(19)16(11-13)14-5-7-15(18)8-6-14/h5-8,13,16-17H,2-4,9-11,19H2,1H3/t13-,16-,17+/m0/s1. The minimum Gasteiger partial charge on any atom is -0.499 e. The number of halogens is 1. The van der Waals surface area contributed by atoms with Crippen LogP contribution in [0.2, 0.25) is 5.02 Å². The van der Waals surface area contributed by atoms with Crippen LogP contribution in [0.1, 0.15) is 44.1 Å². The van der Waals surface area contributed by atoms with Crippen LogP contribution < -0.4 is 5.73 Å². The lowest BCUT2D eigenvalue weighted by atomic mass is 9.74. The number of nitrogens with two attached hydrogens (primary N) is 1. The average molecular weight is 294 g/mol. The van der Waals surface area contributed by atoms with Gasteiger partial charge in [0.2, 0.25) is 0 Å². The van der Waals surface area contributed by atoms with Crippen LogP contribution in [0.25, 0.3) is 0 Å². The van der Waals surface area contributed by atoms with Crippen molar-refractivity contribution in [3.05, 3.63) is 47.2 Å². The van der Waals surface area contributed by atoms with Crippen molar-refractivity contribution in [3.63, 3.8) is 0 Å². The van der Waals surface area contributed by atoms with Crippen molar-refractivity contribution in [2.24, 2.45) is 11.7 Å². The summed E-state index contributed by atoms with van der Waals surface area (Å²) >= 11 is 5.96. The van der Waals surface area contributed by atoms with Gasteiger partial charge in [-0.25, -0.2) is 0 Å². The van der Waals surface area contributed by atoms with E-state index in [1.807, 2.05) is 19.1 Å². The molecular weight excluding hydrogens is 270 g/mol. The maximum atomic E-state index is 6.31. The molecule has 2 N–H and O–H groups in total. The molecule has 1 aromatic rings. The van der Waals surface area contributed by atoms with Gasteiger partial charge in [0.15, 0.2) is 0 Å². The van der Waals surface area contributed by atoms with Gasteiger partial charge in [0.05, 0.1) is 12.4 Å². The maximum Gasteiger partial charge on any atom is 0.0890 e. The Morgan fingerprint density at radius 2 is 2.05 bits per heavy atom. The third kappa shape index (κ3) is 4.00. The molecule has 3 atom stereocenters. The predicted octanol–water partition coefficient (Wildman–Crippen LogP) is 4.49. The lowest BCUT2D eigenvalue weighted by molar-refractivity contribution is 0.189. The SMILES string of the molecule is C=C(C[C@@H]1CC[C@@H](N)[C@H](c2ccc(Cl)cc2)C1)OCC. The molecule has 110 valence electrons. The van der Waals surface area contributed by atoms with Gasteiger partial charge in [-0.3, -0.25) is 0 Å². The van der Waals surface area contributed by atoms with Gasteiger partial charge in [0.1, 0.15) is 0 Å². The van der Waals surface area contributed by atoms with Gasteiger partial charge in [-0.1, -0.05) is 30.3 Å². The van der Waals surface area contributed by atoms with Crippen LogP contribution in [0.4, 0.5) is 0 Å². The first-order chi connectivity index (χ1) is 9.60. The topological polar surface area (TPSA) is 35.2 Å². The van der Waals surface area contributed by atoms with E-state index in [9.17, 15) is 0 Å². The molecule has 0 heterocycles. The van der Waals surface area contributed by atoms with Gasteiger partial charge in [0, 0.05) is 17.5 Å². The van der Waals surface area contributed by atoms with E-state index in [0.717, 1.165) is 36.5 Å². The third-order valence-corrected chi connectivity index (χ3v) is 4.43. The zero-order valence-corrected chi connectivity index (χ0v) is 12.9. The minimum absolute atomic E-state index is 0.243. The van der Waals surface area contributed by atoms with Crippen molar-refractivity contribution in [1.29, 1.82) is 0 Å². The van der Waals surface area contributed by atoms with E-state index in [4.69, 9.17) is 22.1 Å². The summed E-state index contributed by atoms with van der Waals surface area (Å²) in [7, 11) is 0. The number of hydrogen-bond acceptors (Lipinski definition) is 2. The highest BCUT2D eigenvalue weighted by Gasteiger charge is 2.29. The normalized spacial score (nSPS) is 26.2. The van der Waals surface area contributed by atoms with Crippen molar-refractivity contribution in [1.82, 2.24) is 0 Å². The first-order valence-electron chi connectivity index (χ1n) is 7.41. The fraction of sp³-hybridized carbons (Fsp3) is 0.529. The fourth-order valence-corrected chi connectivity index (χ4v) is 3.27. The summed E-state index contributed by atoms with van der Waals surface area (Å²) in [5, 5.41) is 0.777. The Balaban J connectivity index is 2.01. The van der Waals surface area contributed by atoms with Crippen molar-refractivity contribution < 1.29 is 4.74 Å². The molecule has 0 unspecified atom stereocenters. The highest BCUT2D eigenvalue weighted by atomic mass is 35.5. The first-order valence-corrected chi connectivity index (χ1v) is 7.79. The molecule has 1 aliphatic carbocycles. The smallest absolute Gasteiger partial charge is 0.0890 e. The third-order valence-electron chi connectivity index (χ3n) is 4.18. The van der Waals surface area contributed by atoms with E-state index in [0.29, 0.717) is 18.4 Å². The molecule has 0 aliphatic heterocycles. The summed E-state index contributed by atoms with van der Waals surface area (Å²) in [5.74, 6) is 1.94.